The Balaban J connectivity index is 0.000000242. The Morgan fingerprint density at radius 2 is 1.62 bits per heavy atom. The standard InChI is InChI=1S/C14H12O2S2.C6H13O9P/c1-11(15)16-8-3-2-5-12-7-10-18-14(12)13-6-4-9-17-13;7-1-2(8)4(10)6(5(11)3(1)9)15-16(12,13)14/h4,6-7,9-10H,3,8H2,1H3;1-11H,(H2,12,13,14). The smallest absolute Gasteiger partial charge is 0.465 e. The topological polar surface area (TPSA) is 194 Å². The van der Waals surface area contributed by atoms with Crippen LogP contribution in [0.3, 0.4) is 0 Å². The Morgan fingerprint density at radius 1 is 1.00 bits per heavy atom. The number of carbonyl (C=O) groups excluding carboxylic acids is 1. The van der Waals surface area contributed by atoms with Crippen molar-refractivity contribution in [1.29, 1.82) is 0 Å². The molecule has 1 fully saturated rings. The first-order chi connectivity index (χ1) is 15.9. The van der Waals surface area contributed by atoms with Crippen molar-refractivity contribution in [3.63, 3.8) is 0 Å². The van der Waals surface area contributed by atoms with Crippen LogP contribution in [0.4, 0.5) is 0 Å². The Morgan fingerprint density at radius 3 is 2.15 bits per heavy atom. The molecule has 2 aromatic heterocycles. The Kier molecular flexibility index (Phi) is 10.8. The van der Waals surface area contributed by atoms with Gasteiger partial charge in [-0.05, 0) is 22.9 Å². The number of esters is 1. The fourth-order valence-corrected chi connectivity index (χ4v) is 5.19. The van der Waals surface area contributed by atoms with E-state index in [1.54, 1.807) is 22.7 Å². The van der Waals surface area contributed by atoms with Crippen molar-refractivity contribution in [2.24, 2.45) is 0 Å². The maximum atomic E-state index is 10.6. The molecule has 1 aliphatic carbocycles. The molecule has 1 saturated carbocycles. The summed E-state index contributed by atoms with van der Waals surface area (Å²) in [5.41, 5.74) is 1.05. The third-order valence-corrected chi connectivity index (χ3v) is 6.98. The van der Waals surface area contributed by atoms with Crippen molar-refractivity contribution in [1.82, 2.24) is 0 Å². The minimum atomic E-state index is -5.01. The predicted octanol–water partition coefficient (Wildman–Crippen LogP) is 0.0637. The molecule has 2 aromatic rings. The average Bonchev–Trinajstić information content (AvgIpc) is 3.45. The molecular weight excluding hydrogens is 511 g/mol. The van der Waals surface area contributed by atoms with Gasteiger partial charge in [-0.1, -0.05) is 17.9 Å². The van der Waals surface area contributed by atoms with E-state index in [9.17, 15) is 29.8 Å². The molecule has 2 heterocycles. The number of phosphoric ester groups is 1. The fourth-order valence-electron chi connectivity index (χ4n) is 2.89. The summed E-state index contributed by atoms with van der Waals surface area (Å²) in [4.78, 5) is 30.0. The molecule has 1 aliphatic rings. The molecule has 4 atom stereocenters. The Bertz CT molecular complexity index is 1010. The highest BCUT2D eigenvalue weighted by Gasteiger charge is 2.50. The van der Waals surface area contributed by atoms with Gasteiger partial charge in [0, 0.05) is 23.8 Å². The van der Waals surface area contributed by atoms with E-state index in [4.69, 9.17) is 19.6 Å². The van der Waals surface area contributed by atoms with Crippen molar-refractivity contribution in [2.75, 3.05) is 6.61 Å². The van der Waals surface area contributed by atoms with Gasteiger partial charge in [0.15, 0.2) is 0 Å². The van der Waals surface area contributed by atoms with Crippen LogP contribution in [-0.2, 0) is 18.6 Å². The van der Waals surface area contributed by atoms with Gasteiger partial charge in [0.2, 0.25) is 0 Å². The van der Waals surface area contributed by atoms with Crippen molar-refractivity contribution in [2.45, 2.75) is 50.0 Å². The van der Waals surface area contributed by atoms with Gasteiger partial charge in [0.1, 0.15) is 43.2 Å². The van der Waals surface area contributed by atoms with Crippen LogP contribution in [0.1, 0.15) is 18.9 Å². The van der Waals surface area contributed by atoms with Crippen LogP contribution in [-0.4, -0.2) is 84.5 Å². The molecule has 0 amide bonds. The van der Waals surface area contributed by atoms with Gasteiger partial charge < -0.3 is 40.1 Å². The first-order valence-electron chi connectivity index (χ1n) is 9.80. The molecule has 0 bridgehead atoms. The summed E-state index contributed by atoms with van der Waals surface area (Å²) < 4.78 is 19.4. The number of hydrogen-bond acceptors (Lipinski definition) is 11. The van der Waals surface area contributed by atoms with Gasteiger partial charge in [-0.2, -0.15) is 0 Å². The summed E-state index contributed by atoms with van der Waals surface area (Å²) in [6.45, 7) is 1.77. The largest absolute Gasteiger partial charge is 0.470 e. The number of aliphatic hydroxyl groups is 5. The van der Waals surface area contributed by atoms with E-state index in [0.29, 0.717) is 13.0 Å². The van der Waals surface area contributed by atoms with Crippen LogP contribution in [0.5, 0.6) is 0 Å². The lowest BCUT2D eigenvalue weighted by Gasteiger charge is -2.41. The Hall–Kier alpha value is -1.66. The SMILES string of the molecule is CC(=O)OCCC#Cc1ccsc1-c1cccs1.O=P(O)(O)OC1C(O)C(O)C(O)C(O)C1O. The van der Waals surface area contributed by atoms with E-state index in [2.05, 4.69) is 27.8 Å². The summed E-state index contributed by atoms with van der Waals surface area (Å²) in [6, 6.07) is 6.16. The van der Waals surface area contributed by atoms with Gasteiger partial charge in [0.25, 0.3) is 0 Å². The maximum absolute atomic E-state index is 10.6. The predicted molar refractivity (Wildman–Crippen MR) is 123 cm³/mol. The van der Waals surface area contributed by atoms with Crippen molar-refractivity contribution >= 4 is 36.5 Å². The zero-order valence-electron chi connectivity index (χ0n) is 17.8. The molecule has 0 radical (unpaired) electrons. The highest BCUT2D eigenvalue weighted by molar-refractivity contribution is 7.46. The van der Waals surface area contributed by atoms with Crippen LogP contribution in [0.25, 0.3) is 9.75 Å². The third-order valence-electron chi connectivity index (χ3n) is 4.50. The monoisotopic (exact) mass is 536 g/mol. The average molecular weight is 537 g/mol. The van der Waals surface area contributed by atoms with Crippen molar-refractivity contribution in [3.05, 3.63) is 34.5 Å². The summed E-state index contributed by atoms with van der Waals surface area (Å²) in [5.74, 6) is 5.90. The molecule has 7 N–H and O–H groups in total. The van der Waals surface area contributed by atoms with Crippen molar-refractivity contribution in [3.8, 4) is 21.6 Å². The summed E-state index contributed by atoms with van der Waals surface area (Å²) in [7, 11) is -5.01. The lowest BCUT2D eigenvalue weighted by atomic mass is 9.85. The molecule has 4 unspecified atom stereocenters. The molecule has 0 aromatic carbocycles. The molecule has 188 valence electrons. The number of rotatable bonds is 5. The van der Waals surface area contributed by atoms with E-state index in [-0.39, 0.29) is 5.97 Å². The van der Waals surface area contributed by atoms with E-state index < -0.39 is 44.4 Å². The zero-order valence-corrected chi connectivity index (χ0v) is 20.3. The molecule has 14 heteroatoms. The normalized spacial score (nSPS) is 26.6. The summed E-state index contributed by atoms with van der Waals surface area (Å²) in [6.07, 6.45) is -10.8. The van der Waals surface area contributed by atoms with E-state index >= 15 is 0 Å². The lowest BCUT2D eigenvalue weighted by Crippen LogP contribution is -2.64. The number of carbonyl (C=O) groups is 1. The molecule has 0 aliphatic heterocycles. The van der Waals surface area contributed by atoms with E-state index in [1.165, 1.54) is 16.7 Å². The number of ether oxygens (including phenoxy) is 1. The minimum absolute atomic E-state index is 0.258. The number of phosphoric acid groups is 1. The minimum Gasteiger partial charge on any atom is -0.465 e. The first-order valence-corrected chi connectivity index (χ1v) is 13.1. The van der Waals surface area contributed by atoms with Crippen LogP contribution in [0.2, 0.25) is 0 Å². The van der Waals surface area contributed by atoms with E-state index in [1.807, 2.05) is 17.5 Å². The number of hydrogen-bond donors (Lipinski definition) is 7. The van der Waals surface area contributed by atoms with Gasteiger partial charge in [0.05, 0.1) is 4.88 Å². The van der Waals surface area contributed by atoms with E-state index in [0.717, 1.165) is 5.56 Å². The van der Waals surface area contributed by atoms with Crippen LogP contribution in [0, 0.1) is 11.8 Å². The lowest BCUT2D eigenvalue weighted by molar-refractivity contribution is -0.219. The highest BCUT2D eigenvalue weighted by Crippen LogP contribution is 2.41. The van der Waals surface area contributed by atoms with Crippen LogP contribution < -0.4 is 0 Å². The maximum Gasteiger partial charge on any atom is 0.470 e. The molecule has 3 rings (SSSR count). The van der Waals surface area contributed by atoms with Gasteiger partial charge in [-0.3, -0.25) is 9.32 Å². The zero-order chi connectivity index (χ0) is 25.5. The van der Waals surface area contributed by atoms with Gasteiger partial charge >= 0.3 is 13.8 Å². The number of thiophene rings is 2. The summed E-state index contributed by atoms with van der Waals surface area (Å²) in [5, 5.41) is 50.3. The van der Waals surface area contributed by atoms with Gasteiger partial charge in [-0.15, -0.1) is 22.7 Å². The molecular formula is C20H25O11PS2. The second-order valence-electron chi connectivity index (χ2n) is 7.05. The molecule has 0 spiro atoms. The molecule has 0 saturated heterocycles. The number of aliphatic hydroxyl groups excluding tert-OH is 5. The third kappa shape index (κ3) is 8.23. The van der Waals surface area contributed by atoms with Crippen LogP contribution in [0.15, 0.2) is 29.0 Å². The van der Waals surface area contributed by atoms with Gasteiger partial charge in [-0.25, -0.2) is 4.57 Å². The first kappa shape index (κ1) is 28.6. The quantitative estimate of drug-likeness (QED) is 0.118. The van der Waals surface area contributed by atoms with Crippen molar-refractivity contribution < 1.29 is 53.9 Å². The molecule has 34 heavy (non-hydrogen) atoms. The second-order valence-corrected chi connectivity index (χ2v) is 10.1. The highest BCUT2D eigenvalue weighted by atomic mass is 32.1. The van der Waals surface area contributed by atoms with Crippen LogP contribution >= 0.6 is 30.5 Å². The Labute approximate surface area is 203 Å². The fraction of sp³-hybridized carbons (Fsp3) is 0.450. The summed E-state index contributed by atoms with van der Waals surface area (Å²) >= 11 is 3.41. The second kappa shape index (κ2) is 12.9. The molecule has 11 nitrogen and oxygen atoms in total.